The van der Waals surface area contributed by atoms with E-state index in [2.05, 4.69) is 25.9 Å². The number of carbonyl (C=O) groups is 1. The second-order valence-corrected chi connectivity index (χ2v) is 7.29. The van der Waals surface area contributed by atoms with Gasteiger partial charge in [-0.1, -0.05) is 11.8 Å². The number of thioether (sulfide) groups is 1. The average molecular weight is 482 g/mol. The SMILES string of the molecule is CCOC(=O)C(C)Oc1c(Br)cc(-c2nc(SC)[nH]c(=O)c2C#N)cc1OCC. The Hall–Kier alpha value is -2.51. The van der Waals surface area contributed by atoms with E-state index in [1.807, 2.05) is 6.07 Å². The van der Waals surface area contributed by atoms with Gasteiger partial charge >= 0.3 is 5.97 Å². The summed E-state index contributed by atoms with van der Waals surface area (Å²) in [5.74, 6) is 0.146. The number of rotatable bonds is 8. The Labute approximate surface area is 180 Å². The van der Waals surface area contributed by atoms with Crippen molar-refractivity contribution in [3.05, 3.63) is 32.5 Å². The molecule has 1 unspecified atom stereocenters. The first-order chi connectivity index (χ1) is 13.9. The van der Waals surface area contributed by atoms with Gasteiger partial charge in [-0.25, -0.2) is 9.78 Å². The van der Waals surface area contributed by atoms with Crippen LogP contribution < -0.4 is 15.0 Å². The lowest BCUT2D eigenvalue weighted by Gasteiger charge is -2.19. The molecule has 0 aliphatic heterocycles. The summed E-state index contributed by atoms with van der Waals surface area (Å²) in [7, 11) is 0. The summed E-state index contributed by atoms with van der Waals surface area (Å²) in [6.45, 7) is 5.67. The molecule has 10 heteroatoms. The molecule has 1 aromatic heterocycles. The zero-order valence-electron chi connectivity index (χ0n) is 16.4. The molecule has 0 radical (unpaired) electrons. The molecule has 0 aliphatic carbocycles. The number of hydrogen-bond donors (Lipinski definition) is 1. The molecule has 1 aromatic carbocycles. The quantitative estimate of drug-likeness (QED) is 0.345. The van der Waals surface area contributed by atoms with Crippen LogP contribution in [-0.4, -0.2) is 41.5 Å². The van der Waals surface area contributed by atoms with Crippen molar-refractivity contribution in [2.75, 3.05) is 19.5 Å². The highest BCUT2D eigenvalue weighted by molar-refractivity contribution is 9.10. The minimum Gasteiger partial charge on any atom is -0.490 e. The smallest absolute Gasteiger partial charge is 0.347 e. The van der Waals surface area contributed by atoms with Crippen molar-refractivity contribution in [1.82, 2.24) is 9.97 Å². The van der Waals surface area contributed by atoms with Crippen LogP contribution >= 0.6 is 27.7 Å². The third kappa shape index (κ3) is 5.31. The van der Waals surface area contributed by atoms with Gasteiger partial charge < -0.3 is 19.2 Å². The normalized spacial score (nSPS) is 11.4. The highest BCUT2D eigenvalue weighted by Gasteiger charge is 2.23. The largest absolute Gasteiger partial charge is 0.490 e. The molecular weight excluding hydrogens is 462 g/mol. The standard InChI is InChI=1S/C19H20BrN3O5S/c1-5-26-14-8-11(15-12(9-21)17(24)23-19(22-15)29-4)7-13(20)16(14)28-10(3)18(25)27-6-2/h7-8,10H,5-6H2,1-4H3,(H,22,23,24). The van der Waals surface area contributed by atoms with Crippen LogP contribution in [0, 0.1) is 11.3 Å². The predicted molar refractivity (Wildman–Crippen MR) is 112 cm³/mol. The fraction of sp³-hybridized carbons (Fsp3) is 0.368. The number of benzene rings is 1. The summed E-state index contributed by atoms with van der Waals surface area (Å²) in [5.41, 5.74) is 0.0968. The molecule has 154 valence electrons. The molecule has 0 amide bonds. The van der Waals surface area contributed by atoms with Crippen molar-refractivity contribution < 1.29 is 19.0 Å². The van der Waals surface area contributed by atoms with E-state index in [1.54, 1.807) is 39.2 Å². The first-order valence-electron chi connectivity index (χ1n) is 8.74. The van der Waals surface area contributed by atoms with Crippen molar-refractivity contribution in [1.29, 1.82) is 5.26 Å². The molecule has 0 saturated heterocycles. The highest BCUT2D eigenvalue weighted by Crippen LogP contribution is 2.40. The summed E-state index contributed by atoms with van der Waals surface area (Å²) in [6.07, 6.45) is 0.912. The fourth-order valence-corrected chi connectivity index (χ4v) is 3.34. The summed E-state index contributed by atoms with van der Waals surface area (Å²) in [6, 6.07) is 5.17. The lowest BCUT2D eigenvalue weighted by molar-refractivity contribution is -0.150. The van der Waals surface area contributed by atoms with Crippen LogP contribution in [0.1, 0.15) is 26.3 Å². The van der Waals surface area contributed by atoms with Gasteiger partial charge in [-0.15, -0.1) is 0 Å². The van der Waals surface area contributed by atoms with Crippen LogP contribution in [0.3, 0.4) is 0 Å². The zero-order chi connectivity index (χ0) is 21.6. The van der Waals surface area contributed by atoms with Crippen LogP contribution in [0.2, 0.25) is 0 Å². The van der Waals surface area contributed by atoms with E-state index in [-0.39, 0.29) is 17.9 Å². The molecule has 2 rings (SSSR count). The van der Waals surface area contributed by atoms with Gasteiger partial charge in [0.1, 0.15) is 11.6 Å². The number of esters is 1. The predicted octanol–water partition coefficient (Wildman–Crippen LogP) is 3.52. The molecule has 0 saturated carbocycles. The molecule has 2 aromatic rings. The Bertz CT molecular complexity index is 1000. The van der Waals surface area contributed by atoms with E-state index < -0.39 is 17.6 Å². The Morgan fingerprint density at radius 3 is 2.69 bits per heavy atom. The van der Waals surface area contributed by atoms with Crippen LogP contribution in [0.15, 0.2) is 26.6 Å². The first-order valence-corrected chi connectivity index (χ1v) is 10.8. The Morgan fingerprint density at radius 2 is 2.10 bits per heavy atom. The molecule has 0 bridgehead atoms. The van der Waals surface area contributed by atoms with Gasteiger partial charge in [0.05, 0.1) is 23.4 Å². The van der Waals surface area contributed by atoms with Crippen molar-refractivity contribution in [2.24, 2.45) is 0 Å². The van der Waals surface area contributed by atoms with Crippen LogP contribution in [0.4, 0.5) is 0 Å². The van der Waals surface area contributed by atoms with Gasteiger partial charge in [-0.3, -0.25) is 4.79 Å². The second-order valence-electron chi connectivity index (χ2n) is 5.64. The van der Waals surface area contributed by atoms with Crippen LogP contribution in [0.5, 0.6) is 11.5 Å². The third-order valence-electron chi connectivity index (χ3n) is 3.70. The van der Waals surface area contributed by atoms with Crippen molar-refractivity contribution in [3.63, 3.8) is 0 Å². The Kier molecular flexibility index (Phi) is 8.10. The van der Waals surface area contributed by atoms with Gasteiger partial charge in [-0.2, -0.15) is 5.26 Å². The highest BCUT2D eigenvalue weighted by atomic mass is 79.9. The molecule has 1 heterocycles. The number of aromatic amines is 1. The summed E-state index contributed by atoms with van der Waals surface area (Å²) >= 11 is 4.68. The van der Waals surface area contributed by atoms with Crippen molar-refractivity contribution >= 4 is 33.7 Å². The van der Waals surface area contributed by atoms with E-state index >= 15 is 0 Å². The van der Waals surface area contributed by atoms with Crippen LogP contribution in [0.25, 0.3) is 11.3 Å². The van der Waals surface area contributed by atoms with E-state index in [4.69, 9.17) is 14.2 Å². The van der Waals surface area contributed by atoms with Crippen molar-refractivity contribution in [2.45, 2.75) is 32.0 Å². The third-order valence-corrected chi connectivity index (χ3v) is 4.87. The Balaban J connectivity index is 2.58. The summed E-state index contributed by atoms with van der Waals surface area (Å²) in [5, 5.41) is 9.80. The van der Waals surface area contributed by atoms with E-state index in [1.165, 1.54) is 11.8 Å². The number of nitrogens with zero attached hydrogens (tertiary/aromatic N) is 2. The molecule has 8 nitrogen and oxygen atoms in total. The molecular formula is C19H20BrN3O5S. The van der Waals surface area contributed by atoms with Gasteiger partial charge in [0.25, 0.3) is 5.56 Å². The van der Waals surface area contributed by atoms with E-state index in [0.29, 0.717) is 33.3 Å². The molecule has 1 N–H and O–H groups in total. The number of nitrogens with one attached hydrogen (secondary N) is 1. The topological polar surface area (TPSA) is 114 Å². The minimum absolute atomic E-state index is 0.106. The average Bonchev–Trinajstić information content (AvgIpc) is 2.69. The molecule has 0 aliphatic rings. The zero-order valence-corrected chi connectivity index (χ0v) is 18.8. The van der Waals surface area contributed by atoms with Crippen molar-refractivity contribution in [3.8, 4) is 28.8 Å². The summed E-state index contributed by atoms with van der Waals surface area (Å²) < 4.78 is 16.9. The summed E-state index contributed by atoms with van der Waals surface area (Å²) in [4.78, 5) is 31.1. The van der Waals surface area contributed by atoms with Gasteiger partial charge in [0, 0.05) is 5.56 Å². The number of nitriles is 1. The molecule has 29 heavy (non-hydrogen) atoms. The van der Waals surface area contributed by atoms with Gasteiger partial charge in [0.15, 0.2) is 22.8 Å². The number of H-pyrrole nitrogens is 1. The maximum absolute atomic E-state index is 12.2. The van der Waals surface area contributed by atoms with E-state index in [0.717, 1.165) is 0 Å². The maximum atomic E-state index is 12.2. The lowest BCUT2D eigenvalue weighted by Crippen LogP contribution is -2.26. The first kappa shape index (κ1) is 22.8. The Morgan fingerprint density at radius 1 is 1.38 bits per heavy atom. The number of halogens is 1. The van der Waals surface area contributed by atoms with E-state index in [9.17, 15) is 14.9 Å². The number of ether oxygens (including phenoxy) is 3. The monoisotopic (exact) mass is 481 g/mol. The number of carbonyl (C=O) groups excluding carboxylic acids is 1. The second kappa shape index (κ2) is 10.3. The van der Waals surface area contributed by atoms with Gasteiger partial charge in [0.2, 0.25) is 0 Å². The molecule has 0 spiro atoms. The number of aromatic nitrogens is 2. The van der Waals surface area contributed by atoms with Gasteiger partial charge in [-0.05, 0) is 55.1 Å². The molecule has 1 atom stereocenters. The lowest BCUT2D eigenvalue weighted by atomic mass is 10.1. The minimum atomic E-state index is -0.855. The fourth-order valence-electron chi connectivity index (χ4n) is 2.43. The maximum Gasteiger partial charge on any atom is 0.347 e. The molecule has 0 fully saturated rings. The number of hydrogen-bond acceptors (Lipinski definition) is 8. The van der Waals surface area contributed by atoms with Crippen LogP contribution in [-0.2, 0) is 9.53 Å².